The minimum Gasteiger partial charge on any atom is -0.508 e. The van der Waals surface area contributed by atoms with Gasteiger partial charge in [-0.3, -0.25) is 5.01 Å². The number of allylic oxidation sites excluding steroid dienone is 1. The van der Waals surface area contributed by atoms with Gasteiger partial charge in [0, 0.05) is 28.8 Å². The minimum atomic E-state index is -0.473. The molecule has 0 amide bonds. The number of esters is 1. The summed E-state index contributed by atoms with van der Waals surface area (Å²) in [5.74, 6) is -0.722. The van der Waals surface area contributed by atoms with E-state index in [2.05, 4.69) is 5.10 Å². The van der Waals surface area contributed by atoms with Crippen LogP contribution in [0, 0.1) is 5.82 Å². The van der Waals surface area contributed by atoms with E-state index in [0.717, 1.165) is 5.56 Å². The molecule has 3 rings (SSSR count). The predicted molar refractivity (Wildman–Crippen MR) is 106 cm³/mol. The molecule has 146 valence electrons. The number of nitrogens with zero attached hydrogens (tertiary/aromatic N) is 2. The van der Waals surface area contributed by atoms with Crippen LogP contribution in [0.1, 0.15) is 37.4 Å². The lowest BCUT2D eigenvalue weighted by atomic mass is 9.97. The molecule has 1 aliphatic rings. The van der Waals surface area contributed by atoms with Crippen LogP contribution in [0.25, 0.3) is 0 Å². The number of hydrazone groups is 1. The van der Waals surface area contributed by atoms with Crippen LogP contribution >= 0.6 is 11.6 Å². The van der Waals surface area contributed by atoms with Gasteiger partial charge in [0.25, 0.3) is 0 Å². The number of hydrogen-bond acceptors (Lipinski definition) is 5. The van der Waals surface area contributed by atoms with Crippen LogP contribution in [-0.4, -0.2) is 28.4 Å². The molecule has 1 aliphatic heterocycles. The highest BCUT2D eigenvalue weighted by Crippen LogP contribution is 2.40. The Bertz CT molecular complexity index is 941. The highest BCUT2D eigenvalue weighted by Gasteiger charge is 2.32. The molecule has 0 fully saturated rings. The SMILES string of the molecule is CCOC(=O)/C=C(\C)N1N=C(c2ccc(F)cc2)CC1c1cc(Cl)ccc1O. The van der Waals surface area contributed by atoms with Gasteiger partial charge in [0.1, 0.15) is 11.6 Å². The summed E-state index contributed by atoms with van der Waals surface area (Å²) in [4.78, 5) is 11.9. The maximum absolute atomic E-state index is 13.3. The van der Waals surface area contributed by atoms with E-state index in [-0.39, 0.29) is 24.2 Å². The van der Waals surface area contributed by atoms with Gasteiger partial charge in [-0.05, 0) is 49.7 Å². The molecule has 0 radical (unpaired) electrons. The Kier molecular flexibility index (Phi) is 5.99. The van der Waals surface area contributed by atoms with Crippen LogP contribution in [-0.2, 0) is 9.53 Å². The number of halogens is 2. The maximum atomic E-state index is 13.3. The number of aromatic hydroxyl groups is 1. The van der Waals surface area contributed by atoms with Crippen molar-refractivity contribution in [2.75, 3.05) is 6.61 Å². The lowest BCUT2D eigenvalue weighted by Crippen LogP contribution is -2.19. The van der Waals surface area contributed by atoms with Crippen molar-refractivity contribution in [2.24, 2.45) is 5.10 Å². The van der Waals surface area contributed by atoms with Crippen molar-refractivity contribution >= 4 is 23.3 Å². The second-order valence-corrected chi connectivity index (χ2v) is 6.80. The molecule has 1 heterocycles. The zero-order valence-corrected chi connectivity index (χ0v) is 16.3. The van der Waals surface area contributed by atoms with Crippen LogP contribution in [0.3, 0.4) is 0 Å². The van der Waals surface area contributed by atoms with E-state index in [4.69, 9.17) is 16.3 Å². The van der Waals surface area contributed by atoms with Crippen molar-refractivity contribution < 1.29 is 19.0 Å². The number of phenols is 1. The van der Waals surface area contributed by atoms with Gasteiger partial charge in [-0.1, -0.05) is 23.7 Å². The number of rotatable bonds is 5. The van der Waals surface area contributed by atoms with Crippen molar-refractivity contribution in [3.63, 3.8) is 0 Å². The first kappa shape index (κ1) is 19.9. The summed E-state index contributed by atoms with van der Waals surface area (Å²) in [7, 11) is 0. The van der Waals surface area contributed by atoms with Crippen molar-refractivity contribution in [1.82, 2.24) is 5.01 Å². The number of hydrogen-bond donors (Lipinski definition) is 1. The first-order valence-electron chi connectivity index (χ1n) is 8.85. The second-order valence-electron chi connectivity index (χ2n) is 6.36. The normalized spacial score (nSPS) is 16.9. The van der Waals surface area contributed by atoms with E-state index in [0.29, 0.717) is 28.4 Å². The van der Waals surface area contributed by atoms with E-state index in [1.807, 2.05) is 0 Å². The van der Waals surface area contributed by atoms with Gasteiger partial charge < -0.3 is 9.84 Å². The Labute approximate surface area is 167 Å². The molecule has 0 aromatic heterocycles. The summed E-state index contributed by atoms with van der Waals surface area (Å²) in [6.07, 6.45) is 1.81. The van der Waals surface area contributed by atoms with Gasteiger partial charge in [0.2, 0.25) is 0 Å². The molecule has 0 bridgehead atoms. The molecule has 0 aliphatic carbocycles. The van der Waals surface area contributed by atoms with Crippen molar-refractivity contribution in [1.29, 1.82) is 0 Å². The molecule has 0 saturated carbocycles. The summed E-state index contributed by atoms with van der Waals surface area (Å²) in [5, 5.41) is 17.1. The monoisotopic (exact) mass is 402 g/mol. The molecule has 2 aromatic carbocycles. The molecule has 1 atom stereocenters. The molecule has 0 saturated heterocycles. The molecule has 28 heavy (non-hydrogen) atoms. The topological polar surface area (TPSA) is 62.1 Å². The quantitative estimate of drug-likeness (QED) is 0.576. The first-order chi connectivity index (χ1) is 13.4. The maximum Gasteiger partial charge on any atom is 0.332 e. The van der Waals surface area contributed by atoms with Crippen LogP contribution < -0.4 is 0 Å². The molecular formula is C21H20ClFN2O3. The number of ether oxygens (including phenoxy) is 1. The molecule has 5 nitrogen and oxygen atoms in total. The predicted octanol–water partition coefficient (Wildman–Crippen LogP) is 4.80. The number of benzene rings is 2. The Hall–Kier alpha value is -2.86. The Morgan fingerprint density at radius 2 is 2.07 bits per heavy atom. The van der Waals surface area contributed by atoms with E-state index in [1.54, 1.807) is 43.1 Å². The third-order valence-electron chi connectivity index (χ3n) is 4.41. The third-order valence-corrected chi connectivity index (χ3v) is 4.65. The fraction of sp³-hybridized carbons (Fsp3) is 0.238. The van der Waals surface area contributed by atoms with Gasteiger partial charge in [-0.2, -0.15) is 5.10 Å². The molecule has 2 aromatic rings. The van der Waals surface area contributed by atoms with Gasteiger partial charge in [0.05, 0.1) is 18.4 Å². The van der Waals surface area contributed by atoms with E-state index in [1.165, 1.54) is 24.3 Å². The largest absolute Gasteiger partial charge is 0.508 e. The van der Waals surface area contributed by atoms with Gasteiger partial charge in [-0.15, -0.1) is 0 Å². The van der Waals surface area contributed by atoms with Crippen LogP contribution in [0.2, 0.25) is 5.02 Å². The van der Waals surface area contributed by atoms with E-state index in [9.17, 15) is 14.3 Å². The average Bonchev–Trinajstić information content (AvgIpc) is 3.09. The standard InChI is InChI=1S/C21H20ClFN2O3/c1-3-28-21(27)10-13(2)25-19(17-11-15(22)6-9-20(17)26)12-18(24-25)14-4-7-16(23)8-5-14/h4-11,19,26H,3,12H2,1-2H3/b13-10+. The minimum absolute atomic E-state index is 0.0823. The second kappa shape index (κ2) is 8.44. The molecule has 7 heteroatoms. The summed E-state index contributed by atoms with van der Waals surface area (Å²) in [6, 6.07) is 10.5. The zero-order chi connectivity index (χ0) is 20.3. The molecule has 0 spiro atoms. The van der Waals surface area contributed by atoms with Crippen LogP contribution in [0.4, 0.5) is 4.39 Å². The smallest absolute Gasteiger partial charge is 0.332 e. The average molecular weight is 403 g/mol. The number of carbonyl (C=O) groups excluding carboxylic acids is 1. The third kappa shape index (κ3) is 4.34. The summed E-state index contributed by atoms with van der Waals surface area (Å²) >= 11 is 6.12. The van der Waals surface area contributed by atoms with Crippen LogP contribution in [0.5, 0.6) is 5.75 Å². The Balaban J connectivity index is 2.01. The van der Waals surface area contributed by atoms with Gasteiger partial charge >= 0.3 is 5.97 Å². The Morgan fingerprint density at radius 1 is 1.36 bits per heavy atom. The van der Waals surface area contributed by atoms with E-state index < -0.39 is 5.97 Å². The number of carbonyl (C=O) groups is 1. The van der Waals surface area contributed by atoms with Gasteiger partial charge in [-0.25, -0.2) is 9.18 Å². The summed E-state index contributed by atoms with van der Waals surface area (Å²) in [5.41, 5.74) is 2.62. The lowest BCUT2D eigenvalue weighted by molar-refractivity contribution is -0.137. The number of phenolic OH excluding ortho intramolecular Hbond substituents is 1. The summed E-state index contributed by atoms with van der Waals surface area (Å²) in [6.45, 7) is 3.74. The Morgan fingerprint density at radius 3 is 2.75 bits per heavy atom. The summed E-state index contributed by atoms with van der Waals surface area (Å²) < 4.78 is 18.3. The highest BCUT2D eigenvalue weighted by atomic mass is 35.5. The molecule has 1 N–H and O–H groups in total. The van der Waals surface area contributed by atoms with Crippen molar-refractivity contribution in [3.8, 4) is 5.75 Å². The highest BCUT2D eigenvalue weighted by molar-refractivity contribution is 6.30. The molecular weight excluding hydrogens is 383 g/mol. The zero-order valence-electron chi connectivity index (χ0n) is 15.5. The molecule has 1 unspecified atom stereocenters. The fourth-order valence-electron chi connectivity index (χ4n) is 3.11. The van der Waals surface area contributed by atoms with Gasteiger partial charge in [0.15, 0.2) is 0 Å². The van der Waals surface area contributed by atoms with Crippen molar-refractivity contribution in [3.05, 3.63) is 76.2 Å². The van der Waals surface area contributed by atoms with Crippen LogP contribution in [0.15, 0.2) is 59.3 Å². The first-order valence-corrected chi connectivity index (χ1v) is 9.23. The van der Waals surface area contributed by atoms with E-state index >= 15 is 0 Å². The fourth-order valence-corrected chi connectivity index (χ4v) is 3.29. The van der Waals surface area contributed by atoms with Crippen molar-refractivity contribution in [2.45, 2.75) is 26.3 Å². The lowest BCUT2D eigenvalue weighted by Gasteiger charge is -2.25.